The maximum atomic E-state index is 12.0. The summed E-state index contributed by atoms with van der Waals surface area (Å²) in [5, 5.41) is 22.7. The molecule has 0 saturated heterocycles. The van der Waals surface area contributed by atoms with E-state index >= 15 is 0 Å². The minimum atomic E-state index is -1.21. The van der Waals surface area contributed by atoms with Crippen LogP contribution in [0.25, 0.3) is 0 Å². The van der Waals surface area contributed by atoms with Crippen molar-refractivity contribution >= 4 is 33.7 Å². The molecule has 136 valence electrons. The molecule has 26 heavy (non-hydrogen) atoms. The first-order chi connectivity index (χ1) is 12.4. The fourth-order valence-electron chi connectivity index (χ4n) is 2.29. The smallest absolute Gasteiger partial charge is 0.407 e. The number of carbonyl (C=O) groups excluding carboxylic acids is 1. The molecule has 0 unspecified atom stereocenters. The fourth-order valence-corrected chi connectivity index (χ4v) is 2.64. The number of nitro groups is 1. The predicted octanol–water partition coefficient (Wildman–Crippen LogP) is 3.80. The quantitative estimate of drug-likeness (QED) is 0.517. The van der Waals surface area contributed by atoms with Gasteiger partial charge in [0, 0.05) is 10.5 Å². The lowest BCUT2D eigenvalue weighted by Crippen LogP contribution is -2.31. The zero-order chi connectivity index (χ0) is 19.1. The molecule has 1 atom stereocenters. The highest BCUT2D eigenvalue weighted by molar-refractivity contribution is 9.10. The predicted molar refractivity (Wildman–Crippen MR) is 95.6 cm³/mol. The molecule has 0 aromatic heterocycles. The van der Waals surface area contributed by atoms with Crippen LogP contribution in [0.4, 0.5) is 10.5 Å². The number of carbonyl (C=O) groups is 2. The van der Waals surface area contributed by atoms with Crippen LogP contribution in [-0.2, 0) is 16.1 Å². The number of aliphatic carboxylic acids is 1. The second kappa shape index (κ2) is 8.95. The molecule has 8 nitrogen and oxygen atoms in total. The second-order valence-electron chi connectivity index (χ2n) is 5.32. The number of hydrogen-bond acceptors (Lipinski definition) is 5. The number of alkyl carbamates (subject to hydrolysis) is 1. The maximum absolute atomic E-state index is 12.0. The van der Waals surface area contributed by atoms with Crippen LogP contribution < -0.4 is 5.32 Å². The van der Waals surface area contributed by atoms with Crippen LogP contribution in [0.3, 0.4) is 0 Å². The van der Waals surface area contributed by atoms with E-state index in [9.17, 15) is 19.7 Å². The van der Waals surface area contributed by atoms with Crippen molar-refractivity contribution in [3.63, 3.8) is 0 Å². The minimum Gasteiger partial charge on any atom is -0.481 e. The number of benzene rings is 2. The van der Waals surface area contributed by atoms with E-state index in [0.717, 1.165) is 5.56 Å². The number of halogens is 1. The van der Waals surface area contributed by atoms with Crippen molar-refractivity contribution in [2.24, 2.45) is 0 Å². The Labute approximate surface area is 157 Å². The van der Waals surface area contributed by atoms with Crippen molar-refractivity contribution in [2.75, 3.05) is 0 Å². The SMILES string of the molecule is O=C(O)C[C@@H](NC(=O)OCc1ccccc1)c1ccc(Br)cc1[N+](=O)[O-]. The lowest BCUT2D eigenvalue weighted by atomic mass is 10.0. The fraction of sp³-hybridized carbons (Fsp3) is 0.176. The van der Waals surface area contributed by atoms with Gasteiger partial charge in [-0.1, -0.05) is 46.3 Å². The van der Waals surface area contributed by atoms with Crippen molar-refractivity contribution in [3.8, 4) is 0 Å². The molecular formula is C17H15BrN2O6. The highest BCUT2D eigenvalue weighted by atomic mass is 79.9. The molecule has 0 fully saturated rings. The molecule has 2 N–H and O–H groups in total. The van der Waals surface area contributed by atoms with E-state index in [4.69, 9.17) is 9.84 Å². The Morgan fingerprint density at radius 3 is 2.54 bits per heavy atom. The first-order valence-electron chi connectivity index (χ1n) is 7.49. The lowest BCUT2D eigenvalue weighted by Gasteiger charge is -2.17. The van der Waals surface area contributed by atoms with Gasteiger partial charge in [0.2, 0.25) is 0 Å². The van der Waals surface area contributed by atoms with E-state index in [2.05, 4.69) is 21.2 Å². The van der Waals surface area contributed by atoms with Crippen molar-refractivity contribution in [1.82, 2.24) is 5.32 Å². The summed E-state index contributed by atoms with van der Waals surface area (Å²) in [6.07, 6.45) is -1.39. The molecule has 0 heterocycles. The summed E-state index contributed by atoms with van der Waals surface area (Å²) < 4.78 is 5.53. The molecular weight excluding hydrogens is 408 g/mol. The standard InChI is InChI=1S/C17H15BrN2O6/c18-12-6-7-13(15(8-12)20(24)25)14(9-16(21)22)19-17(23)26-10-11-4-2-1-3-5-11/h1-8,14H,9-10H2,(H,19,23)(H,21,22)/t14-/m1/s1. The average Bonchev–Trinajstić information content (AvgIpc) is 2.60. The average molecular weight is 423 g/mol. The van der Waals surface area contributed by atoms with E-state index in [1.165, 1.54) is 18.2 Å². The Kier molecular flexibility index (Phi) is 6.67. The molecule has 0 aliphatic rings. The van der Waals surface area contributed by atoms with Gasteiger partial charge in [-0.05, 0) is 17.7 Å². The highest BCUT2D eigenvalue weighted by Gasteiger charge is 2.26. The van der Waals surface area contributed by atoms with Crippen molar-refractivity contribution < 1.29 is 24.4 Å². The summed E-state index contributed by atoms with van der Waals surface area (Å²) >= 11 is 3.13. The number of hydrogen-bond donors (Lipinski definition) is 2. The molecule has 2 aromatic rings. The van der Waals surface area contributed by atoms with Crippen LogP contribution in [-0.4, -0.2) is 22.1 Å². The van der Waals surface area contributed by atoms with Crippen LogP contribution >= 0.6 is 15.9 Å². The van der Waals surface area contributed by atoms with Crippen LogP contribution in [0.15, 0.2) is 53.0 Å². The molecule has 0 bridgehead atoms. The van der Waals surface area contributed by atoms with E-state index in [0.29, 0.717) is 4.47 Å². The molecule has 0 aliphatic heterocycles. The van der Waals surface area contributed by atoms with E-state index in [1.807, 2.05) is 6.07 Å². The van der Waals surface area contributed by atoms with Crippen molar-refractivity contribution in [3.05, 3.63) is 74.2 Å². The number of nitro benzene ring substituents is 1. The number of carboxylic acids is 1. The normalized spacial score (nSPS) is 11.4. The number of nitrogens with zero attached hydrogens (tertiary/aromatic N) is 1. The van der Waals surface area contributed by atoms with Gasteiger partial charge in [0.25, 0.3) is 5.69 Å². The zero-order valence-electron chi connectivity index (χ0n) is 13.4. The first kappa shape index (κ1) is 19.4. The van der Waals surface area contributed by atoms with Gasteiger partial charge >= 0.3 is 12.1 Å². The zero-order valence-corrected chi connectivity index (χ0v) is 15.0. The van der Waals surface area contributed by atoms with E-state index in [-0.39, 0.29) is 17.9 Å². The van der Waals surface area contributed by atoms with Gasteiger partial charge < -0.3 is 15.2 Å². The number of nitrogens with one attached hydrogen (secondary N) is 1. The summed E-state index contributed by atoms with van der Waals surface area (Å²) in [6, 6.07) is 12.0. The second-order valence-corrected chi connectivity index (χ2v) is 6.23. The lowest BCUT2D eigenvalue weighted by molar-refractivity contribution is -0.385. The molecule has 0 spiro atoms. The topological polar surface area (TPSA) is 119 Å². The van der Waals surface area contributed by atoms with Gasteiger partial charge in [-0.25, -0.2) is 4.79 Å². The van der Waals surface area contributed by atoms with Crippen LogP contribution in [0.5, 0.6) is 0 Å². The monoisotopic (exact) mass is 422 g/mol. The molecule has 2 aromatic carbocycles. The van der Waals surface area contributed by atoms with Gasteiger partial charge in [0.05, 0.1) is 22.9 Å². The van der Waals surface area contributed by atoms with E-state index < -0.39 is 29.4 Å². The molecule has 0 aliphatic carbocycles. The third kappa shape index (κ3) is 5.55. The summed E-state index contributed by atoms with van der Waals surface area (Å²) in [6.45, 7) is -0.00506. The van der Waals surface area contributed by atoms with Crippen LogP contribution in [0, 0.1) is 10.1 Å². The Balaban J connectivity index is 2.16. The van der Waals surface area contributed by atoms with Crippen molar-refractivity contribution in [1.29, 1.82) is 0 Å². The number of ether oxygens (including phenoxy) is 1. The Bertz CT molecular complexity index is 812. The number of amides is 1. The molecule has 1 amide bonds. The van der Waals surface area contributed by atoms with Crippen molar-refractivity contribution in [2.45, 2.75) is 19.1 Å². The molecule has 0 radical (unpaired) electrons. The first-order valence-corrected chi connectivity index (χ1v) is 8.29. The Morgan fingerprint density at radius 1 is 1.23 bits per heavy atom. The molecule has 9 heteroatoms. The number of carboxylic acid groups (broad SMARTS) is 1. The van der Waals surface area contributed by atoms with Gasteiger partial charge in [0.1, 0.15) is 6.61 Å². The van der Waals surface area contributed by atoms with Gasteiger partial charge in [-0.3, -0.25) is 14.9 Å². The summed E-state index contributed by atoms with van der Waals surface area (Å²) in [7, 11) is 0. The summed E-state index contributed by atoms with van der Waals surface area (Å²) in [5.74, 6) is -1.21. The van der Waals surface area contributed by atoms with E-state index in [1.54, 1.807) is 24.3 Å². The minimum absolute atomic E-state index is 0.00506. The molecule has 2 rings (SSSR count). The summed E-state index contributed by atoms with van der Waals surface area (Å²) in [5.41, 5.74) is 0.540. The summed E-state index contributed by atoms with van der Waals surface area (Å²) in [4.78, 5) is 33.8. The Hall–Kier alpha value is -2.94. The third-order valence-electron chi connectivity index (χ3n) is 3.45. The van der Waals surface area contributed by atoms with Gasteiger partial charge in [0.15, 0.2) is 0 Å². The molecule has 0 saturated carbocycles. The maximum Gasteiger partial charge on any atom is 0.407 e. The third-order valence-corrected chi connectivity index (χ3v) is 3.94. The largest absolute Gasteiger partial charge is 0.481 e. The number of rotatable bonds is 7. The van der Waals surface area contributed by atoms with Gasteiger partial charge in [-0.2, -0.15) is 0 Å². The van der Waals surface area contributed by atoms with Crippen LogP contribution in [0.1, 0.15) is 23.6 Å². The highest BCUT2D eigenvalue weighted by Crippen LogP contribution is 2.30. The van der Waals surface area contributed by atoms with Gasteiger partial charge in [-0.15, -0.1) is 0 Å². The Morgan fingerprint density at radius 2 is 1.92 bits per heavy atom. The van der Waals surface area contributed by atoms with Crippen LogP contribution in [0.2, 0.25) is 0 Å².